The van der Waals surface area contributed by atoms with Gasteiger partial charge in [-0.2, -0.15) is 0 Å². The molecule has 0 amide bonds. The number of aryl methyl sites for hydroxylation is 1. The van der Waals surface area contributed by atoms with E-state index in [1.165, 1.54) is 37.4 Å². The van der Waals surface area contributed by atoms with Crippen molar-refractivity contribution < 1.29 is 37.0 Å². The minimum Gasteiger partial charge on any atom is -0.0622 e. The summed E-state index contributed by atoms with van der Waals surface area (Å²) in [5.74, 6) is 0. The molecule has 0 aliphatic carbocycles. The summed E-state index contributed by atoms with van der Waals surface area (Å²) in [4.78, 5) is 0. The fraction of sp³-hybridized carbons (Fsp3) is 0.0455. The quantitative estimate of drug-likeness (QED) is 0.0848. The first-order valence-corrected chi connectivity index (χ1v) is 25.3. The normalized spacial score (nSPS) is 11.8. The molecular formula is C44H40F6IrP2Sb-. The monoisotopic (exact) mass is 1060 g/mol. The Morgan fingerprint density at radius 2 is 0.463 bits per heavy atom. The molecule has 0 aliphatic heterocycles. The Bertz CT molecular complexity index is 1710. The topological polar surface area (TPSA) is 0 Å². The molecule has 0 nitrogen and oxygen atoms in total. The molecule has 10 heteroatoms. The van der Waals surface area contributed by atoms with Crippen LogP contribution in [0.25, 0.3) is 0 Å². The molecule has 0 fully saturated rings. The van der Waals surface area contributed by atoms with Crippen LogP contribution in [-0.2, 0) is 26.5 Å². The first kappa shape index (κ1) is 44.8. The maximum atomic E-state index is 9.93. The predicted octanol–water partition coefficient (Wildman–Crippen LogP) is 11.3. The summed E-state index contributed by atoms with van der Waals surface area (Å²) in [6.07, 6.45) is 1.14. The molecule has 7 aromatic rings. The van der Waals surface area contributed by atoms with Crippen molar-refractivity contribution in [2.75, 3.05) is 0 Å². The van der Waals surface area contributed by atoms with Gasteiger partial charge in [0, 0.05) is 20.1 Å². The summed E-state index contributed by atoms with van der Waals surface area (Å²) in [7, 11) is -0.892. The van der Waals surface area contributed by atoms with Crippen LogP contribution in [0.15, 0.2) is 212 Å². The Balaban J connectivity index is 0.000000210. The Kier molecular flexibility index (Phi) is 17.4. The van der Waals surface area contributed by atoms with Gasteiger partial charge in [0.2, 0.25) is 0 Å². The van der Waals surface area contributed by atoms with E-state index in [0.29, 0.717) is 0 Å². The third-order valence-corrected chi connectivity index (χ3v) is 12.2. The van der Waals surface area contributed by atoms with Crippen molar-refractivity contribution in [1.82, 2.24) is 0 Å². The second kappa shape index (κ2) is 20.9. The second-order valence-electron chi connectivity index (χ2n) is 11.5. The van der Waals surface area contributed by atoms with E-state index in [1.54, 1.807) is 0 Å². The van der Waals surface area contributed by atoms with E-state index in [0.717, 1.165) is 6.42 Å². The third-order valence-electron chi connectivity index (χ3n) is 7.34. The maximum absolute atomic E-state index is 11.2. The van der Waals surface area contributed by atoms with Crippen molar-refractivity contribution in [3.63, 3.8) is 0 Å². The van der Waals surface area contributed by atoms with Crippen molar-refractivity contribution in [2.24, 2.45) is 0 Å². The van der Waals surface area contributed by atoms with E-state index in [-0.39, 0.29) is 20.1 Å². The number of hydrogen-bond donors (Lipinski definition) is 0. The average molecular weight is 1060 g/mol. The van der Waals surface area contributed by atoms with Gasteiger partial charge in [0.1, 0.15) is 0 Å². The molecule has 0 N–H and O–H groups in total. The van der Waals surface area contributed by atoms with E-state index in [1.807, 2.05) is 6.07 Å². The summed E-state index contributed by atoms with van der Waals surface area (Å²) < 4.78 is 59.6. The van der Waals surface area contributed by atoms with Gasteiger partial charge in [0.15, 0.2) is 0 Å². The molecule has 0 atom stereocenters. The van der Waals surface area contributed by atoms with Gasteiger partial charge in [0.25, 0.3) is 0 Å². The van der Waals surface area contributed by atoms with Crippen LogP contribution in [0, 0.1) is 0 Å². The van der Waals surface area contributed by atoms with Crippen molar-refractivity contribution in [3.05, 3.63) is 218 Å². The summed E-state index contributed by atoms with van der Waals surface area (Å²) in [6.45, 7) is 2.16. The standard InChI is InChI=1S/2C18H15P.C8H10.6FH.Ir.Sb/c2*1-4-10-16(11-5-1)19(17-12-6-2-7-13-17)18-14-8-3-9-15-18;1-2-8-6-4-3-5-7-8;;;;;;;;/h2*1-15H;3-7H,2H2,1H3;6*1H;;/q;;;;;;;;;;+5/p-6. The zero-order valence-corrected chi connectivity index (χ0v) is 36.1. The van der Waals surface area contributed by atoms with Gasteiger partial charge in [-0.3, -0.25) is 0 Å². The fourth-order valence-electron chi connectivity index (χ4n) is 5.07. The summed E-state index contributed by atoms with van der Waals surface area (Å²) in [6, 6.07) is 75.1. The Morgan fingerprint density at radius 1 is 0.315 bits per heavy atom. The molecule has 0 heterocycles. The van der Waals surface area contributed by atoms with Crippen LogP contribution in [0.4, 0.5) is 16.9 Å². The molecule has 0 spiro atoms. The van der Waals surface area contributed by atoms with Gasteiger partial charge in [0.05, 0.1) is 0 Å². The predicted molar refractivity (Wildman–Crippen MR) is 219 cm³/mol. The number of halogens is 6. The zero-order chi connectivity index (χ0) is 38.1. The summed E-state index contributed by atoms with van der Waals surface area (Å²) in [5.41, 5.74) is 1.41. The molecule has 0 bridgehead atoms. The second-order valence-corrected chi connectivity index (χ2v) is 21.4. The van der Waals surface area contributed by atoms with Gasteiger partial charge in [-0.25, -0.2) is 0 Å². The van der Waals surface area contributed by atoms with E-state index < -0.39 is 35.3 Å². The summed E-state index contributed by atoms with van der Waals surface area (Å²) in [5, 5.41) is 8.39. The van der Waals surface area contributed by atoms with Crippen molar-refractivity contribution in [1.29, 1.82) is 0 Å². The van der Waals surface area contributed by atoms with E-state index in [9.17, 15) is 16.9 Å². The Labute approximate surface area is 333 Å². The SMILES string of the molecule is CCc1ccccc1.[F][Sb-]([F])([F])([F])([F])[F].[Ir].c1ccc(P(c2ccccc2)c2ccccc2)cc1.c1ccc(P(c2ccccc2)c2ccccc2)cc1. The zero-order valence-electron chi connectivity index (χ0n) is 29.4. The largest absolute Gasteiger partial charge is 0.0622 e. The minimum atomic E-state index is -11.2. The minimum absolute atomic E-state index is 0. The van der Waals surface area contributed by atoms with Crippen LogP contribution in [0.2, 0.25) is 0 Å². The van der Waals surface area contributed by atoms with Crippen molar-refractivity contribution >= 4 is 67.1 Å². The first-order valence-electron chi connectivity index (χ1n) is 16.8. The molecule has 1 radical (unpaired) electrons. The first-order chi connectivity index (χ1) is 25.3. The van der Waals surface area contributed by atoms with Gasteiger partial charge in [-0.1, -0.05) is 219 Å². The molecular weight excluding hydrogens is 1020 g/mol. The van der Waals surface area contributed by atoms with Crippen LogP contribution < -0.4 is 31.8 Å². The van der Waals surface area contributed by atoms with E-state index >= 15 is 0 Å². The third kappa shape index (κ3) is 17.7. The summed E-state index contributed by atoms with van der Waals surface area (Å²) >= 11 is -11.2. The van der Waals surface area contributed by atoms with Crippen LogP contribution in [0.5, 0.6) is 0 Å². The smallest absolute Gasteiger partial charge is 0 e. The molecule has 0 unspecified atom stereocenters. The molecule has 0 aliphatic rings. The van der Waals surface area contributed by atoms with Crippen LogP contribution in [0.3, 0.4) is 0 Å². The Hall–Kier alpha value is -3.55. The Morgan fingerprint density at radius 3 is 0.593 bits per heavy atom. The molecule has 54 heavy (non-hydrogen) atoms. The number of rotatable bonds is 7. The van der Waals surface area contributed by atoms with Gasteiger partial charge in [-0.05, 0) is 59.7 Å². The van der Waals surface area contributed by atoms with Crippen LogP contribution >= 0.6 is 15.8 Å². The molecule has 0 aromatic heterocycles. The molecule has 7 aromatic carbocycles. The van der Waals surface area contributed by atoms with Crippen LogP contribution in [0.1, 0.15) is 12.5 Å². The van der Waals surface area contributed by atoms with Gasteiger partial charge >= 0.3 is 36.4 Å². The average Bonchev–Trinajstić information content (AvgIpc) is 3.17. The number of hydrogen-bond acceptors (Lipinski definition) is 0. The molecule has 283 valence electrons. The van der Waals surface area contributed by atoms with Gasteiger partial charge < -0.3 is 0 Å². The molecule has 0 saturated heterocycles. The van der Waals surface area contributed by atoms with Crippen LogP contribution in [-0.4, -0.2) is 19.5 Å². The van der Waals surface area contributed by atoms with Crippen molar-refractivity contribution in [3.8, 4) is 0 Å². The van der Waals surface area contributed by atoms with E-state index in [2.05, 4.69) is 213 Å². The van der Waals surface area contributed by atoms with Gasteiger partial charge in [-0.15, -0.1) is 0 Å². The van der Waals surface area contributed by atoms with Crippen molar-refractivity contribution in [2.45, 2.75) is 13.3 Å². The molecule has 7 rings (SSSR count). The number of benzene rings is 7. The van der Waals surface area contributed by atoms with E-state index in [4.69, 9.17) is 0 Å². The molecule has 0 saturated carbocycles. The maximum Gasteiger partial charge on any atom is 0 e. The fourth-order valence-corrected chi connectivity index (χ4v) is 9.68.